The van der Waals surface area contributed by atoms with Crippen LogP contribution in [-0.4, -0.2) is 34.6 Å². The number of fused-ring (bicyclic) bond motifs is 4. The Morgan fingerprint density at radius 2 is 1.96 bits per heavy atom. The summed E-state index contributed by atoms with van der Waals surface area (Å²) in [6.07, 6.45) is 5.31. The third-order valence-electron chi connectivity index (χ3n) is 5.89. The standard InChI is InChI=1S/C21H20FN5S/c22-13-3-4-16-14(9-13)15-12-27(8-5-17(15)24-16)20-10-19-18(11-23-20)25-21(28-19)26-6-1-2-7-26/h3-4,9-11,24H,1-2,5-8,12H2. The summed E-state index contributed by atoms with van der Waals surface area (Å²) in [7, 11) is 0. The van der Waals surface area contributed by atoms with Crippen LogP contribution >= 0.6 is 11.3 Å². The SMILES string of the molecule is Fc1ccc2[nH]c3c(c2c1)CN(c1cc2sc(N4CCCC4)nc2cn1)CC3. The molecule has 5 nitrogen and oxygen atoms in total. The lowest BCUT2D eigenvalue weighted by Crippen LogP contribution is -2.30. The molecule has 0 saturated carbocycles. The first-order valence-corrected chi connectivity index (χ1v) is 10.6. The second kappa shape index (κ2) is 6.17. The molecule has 0 atom stereocenters. The number of hydrogen-bond acceptors (Lipinski definition) is 5. The van der Waals surface area contributed by atoms with Gasteiger partial charge in [0.05, 0.1) is 10.9 Å². The van der Waals surface area contributed by atoms with E-state index < -0.39 is 0 Å². The monoisotopic (exact) mass is 393 g/mol. The fourth-order valence-electron chi connectivity index (χ4n) is 4.41. The first-order valence-electron chi connectivity index (χ1n) is 9.80. The second-order valence-electron chi connectivity index (χ2n) is 7.64. The van der Waals surface area contributed by atoms with E-state index in [9.17, 15) is 4.39 Å². The topological polar surface area (TPSA) is 48.1 Å². The van der Waals surface area contributed by atoms with E-state index in [0.29, 0.717) is 0 Å². The number of nitrogens with one attached hydrogen (secondary N) is 1. The van der Waals surface area contributed by atoms with Crippen LogP contribution in [0, 0.1) is 5.82 Å². The number of thiazole rings is 1. The minimum Gasteiger partial charge on any atom is -0.358 e. The summed E-state index contributed by atoms with van der Waals surface area (Å²) in [5.74, 6) is 0.783. The highest BCUT2D eigenvalue weighted by atomic mass is 32.1. The van der Waals surface area contributed by atoms with E-state index in [1.165, 1.54) is 34.9 Å². The molecule has 0 amide bonds. The first-order chi connectivity index (χ1) is 13.7. The Bertz CT molecular complexity index is 1190. The summed E-state index contributed by atoms with van der Waals surface area (Å²) in [5.41, 5.74) is 4.38. The zero-order valence-corrected chi connectivity index (χ0v) is 16.2. The van der Waals surface area contributed by atoms with E-state index in [4.69, 9.17) is 9.97 Å². The molecule has 28 heavy (non-hydrogen) atoms. The van der Waals surface area contributed by atoms with Gasteiger partial charge in [-0.3, -0.25) is 0 Å². The van der Waals surface area contributed by atoms with Crippen molar-refractivity contribution in [2.75, 3.05) is 29.4 Å². The zero-order valence-electron chi connectivity index (χ0n) is 15.4. The Morgan fingerprint density at radius 3 is 2.86 bits per heavy atom. The Kier molecular flexibility index (Phi) is 3.59. The van der Waals surface area contributed by atoms with Crippen molar-refractivity contribution < 1.29 is 4.39 Å². The van der Waals surface area contributed by atoms with E-state index in [0.717, 1.165) is 60.0 Å². The van der Waals surface area contributed by atoms with Crippen molar-refractivity contribution in [1.29, 1.82) is 0 Å². The Balaban J connectivity index is 1.34. The Labute approximate surface area is 165 Å². The number of anilines is 2. The summed E-state index contributed by atoms with van der Waals surface area (Å²) in [6, 6.07) is 7.14. The van der Waals surface area contributed by atoms with Crippen molar-refractivity contribution in [3.63, 3.8) is 0 Å². The molecule has 2 aliphatic heterocycles. The highest BCUT2D eigenvalue weighted by molar-refractivity contribution is 7.22. The van der Waals surface area contributed by atoms with Crippen LogP contribution in [-0.2, 0) is 13.0 Å². The average Bonchev–Trinajstić information content (AvgIpc) is 3.44. The van der Waals surface area contributed by atoms with Crippen LogP contribution < -0.4 is 9.80 Å². The van der Waals surface area contributed by atoms with Gasteiger partial charge in [0, 0.05) is 60.8 Å². The number of aromatic amines is 1. The Hall–Kier alpha value is -2.67. The van der Waals surface area contributed by atoms with Gasteiger partial charge in [-0.25, -0.2) is 14.4 Å². The molecule has 0 aliphatic carbocycles. The maximum absolute atomic E-state index is 13.8. The molecule has 0 spiro atoms. The smallest absolute Gasteiger partial charge is 0.186 e. The molecule has 6 rings (SSSR count). The summed E-state index contributed by atoms with van der Waals surface area (Å²) >= 11 is 1.76. The van der Waals surface area contributed by atoms with E-state index in [1.807, 2.05) is 12.3 Å². The molecule has 0 unspecified atom stereocenters. The van der Waals surface area contributed by atoms with Crippen molar-refractivity contribution in [2.45, 2.75) is 25.8 Å². The fraction of sp³-hybridized carbons (Fsp3) is 0.333. The van der Waals surface area contributed by atoms with Crippen LogP contribution in [0.1, 0.15) is 24.1 Å². The molecule has 1 fully saturated rings. The minimum atomic E-state index is -0.190. The lowest BCUT2D eigenvalue weighted by Gasteiger charge is -2.28. The van der Waals surface area contributed by atoms with Gasteiger partial charge in [-0.1, -0.05) is 11.3 Å². The maximum atomic E-state index is 13.8. The molecule has 1 N–H and O–H groups in total. The van der Waals surface area contributed by atoms with Crippen LogP contribution in [0.4, 0.5) is 15.3 Å². The lowest BCUT2D eigenvalue weighted by molar-refractivity contribution is 0.629. The van der Waals surface area contributed by atoms with E-state index in [-0.39, 0.29) is 5.82 Å². The summed E-state index contributed by atoms with van der Waals surface area (Å²) in [4.78, 5) is 17.6. The summed E-state index contributed by atoms with van der Waals surface area (Å²) < 4.78 is 14.9. The van der Waals surface area contributed by atoms with Gasteiger partial charge in [0.2, 0.25) is 0 Å². The van der Waals surface area contributed by atoms with Crippen LogP contribution in [0.2, 0.25) is 0 Å². The predicted molar refractivity (Wildman–Crippen MR) is 112 cm³/mol. The molecule has 5 heterocycles. The quantitative estimate of drug-likeness (QED) is 0.546. The molecule has 0 bridgehead atoms. The Morgan fingerprint density at radius 1 is 1.07 bits per heavy atom. The third kappa shape index (κ3) is 2.57. The van der Waals surface area contributed by atoms with Crippen LogP contribution in [0.5, 0.6) is 0 Å². The zero-order chi connectivity index (χ0) is 18.7. The third-order valence-corrected chi connectivity index (χ3v) is 6.97. The fourth-order valence-corrected chi connectivity index (χ4v) is 5.43. The summed E-state index contributed by atoms with van der Waals surface area (Å²) in [5, 5.41) is 2.09. The molecule has 1 saturated heterocycles. The van der Waals surface area contributed by atoms with Crippen LogP contribution in [0.3, 0.4) is 0 Å². The minimum absolute atomic E-state index is 0.190. The largest absolute Gasteiger partial charge is 0.358 e. The van der Waals surface area contributed by atoms with Gasteiger partial charge in [-0.2, -0.15) is 0 Å². The maximum Gasteiger partial charge on any atom is 0.186 e. The summed E-state index contributed by atoms with van der Waals surface area (Å²) in [6.45, 7) is 3.85. The number of halogens is 1. The normalized spacial score (nSPS) is 17.0. The number of aromatic nitrogens is 3. The second-order valence-corrected chi connectivity index (χ2v) is 8.65. The van der Waals surface area contributed by atoms with Crippen molar-refractivity contribution in [2.24, 2.45) is 0 Å². The van der Waals surface area contributed by atoms with Gasteiger partial charge >= 0.3 is 0 Å². The van der Waals surface area contributed by atoms with Gasteiger partial charge < -0.3 is 14.8 Å². The first kappa shape index (κ1) is 16.3. The van der Waals surface area contributed by atoms with Crippen molar-refractivity contribution in [3.05, 3.63) is 47.5 Å². The van der Waals surface area contributed by atoms with Crippen molar-refractivity contribution in [1.82, 2.24) is 15.0 Å². The van der Waals surface area contributed by atoms with Gasteiger partial charge in [0.25, 0.3) is 0 Å². The van der Waals surface area contributed by atoms with Crippen molar-refractivity contribution >= 4 is 43.4 Å². The predicted octanol–water partition coefficient (Wildman–Crippen LogP) is 4.47. The number of rotatable bonds is 2. The number of benzene rings is 1. The molecular formula is C21H20FN5S. The van der Waals surface area contributed by atoms with Crippen LogP contribution in [0.15, 0.2) is 30.5 Å². The lowest BCUT2D eigenvalue weighted by atomic mass is 10.0. The number of nitrogens with zero attached hydrogens (tertiary/aromatic N) is 4. The molecule has 3 aromatic heterocycles. The van der Waals surface area contributed by atoms with Gasteiger partial charge in [-0.15, -0.1) is 0 Å². The number of H-pyrrole nitrogens is 1. The molecular weight excluding hydrogens is 373 g/mol. The molecule has 142 valence electrons. The van der Waals surface area contributed by atoms with E-state index >= 15 is 0 Å². The average molecular weight is 393 g/mol. The highest BCUT2D eigenvalue weighted by Crippen LogP contribution is 2.34. The van der Waals surface area contributed by atoms with Gasteiger partial charge in [0.1, 0.15) is 17.2 Å². The molecule has 0 radical (unpaired) electrons. The van der Waals surface area contributed by atoms with Gasteiger partial charge in [-0.05, 0) is 31.0 Å². The molecule has 1 aromatic carbocycles. The molecule has 2 aliphatic rings. The number of pyridine rings is 1. The number of hydrogen-bond donors (Lipinski definition) is 1. The van der Waals surface area contributed by atoms with E-state index in [1.54, 1.807) is 17.4 Å². The molecule has 4 aromatic rings. The van der Waals surface area contributed by atoms with E-state index in [2.05, 4.69) is 20.9 Å². The highest BCUT2D eigenvalue weighted by Gasteiger charge is 2.23. The van der Waals surface area contributed by atoms with Crippen LogP contribution in [0.25, 0.3) is 21.1 Å². The van der Waals surface area contributed by atoms with Gasteiger partial charge in [0.15, 0.2) is 5.13 Å². The molecule has 7 heteroatoms. The van der Waals surface area contributed by atoms with Crippen molar-refractivity contribution in [3.8, 4) is 0 Å².